The quantitative estimate of drug-likeness (QED) is 0.605. The number of nitrogens with one attached hydrogen (secondary N) is 2. The Morgan fingerprint density at radius 2 is 2.11 bits per heavy atom. The van der Waals surface area contributed by atoms with Crippen molar-refractivity contribution in [3.05, 3.63) is 11.8 Å². The van der Waals surface area contributed by atoms with Gasteiger partial charge in [0, 0.05) is 31.3 Å². The molecular formula is C12H21N5O. The monoisotopic (exact) mass is 251 g/mol. The number of amides is 1. The molecule has 0 aliphatic heterocycles. The number of hydrogen-bond donors (Lipinski definition) is 3. The van der Waals surface area contributed by atoms with Gasteiger partial charge >= 0.3 is 0 Å². The van der Waals surface area contributed by atoms with Gasteiger partial charge in [0.25, 0.3) is 0 Å². The summed E-state index contributed by atoms with van der Waals surface area (Å²) in [4.78, 5) is 19.2. The summed E-state index contributed by atoms with van der Waals surface area (Å²) < 4.78 is 0. The second kappa shape index (κ2) is 7.47. The first-order chi connectivity index (χ1) is 8.61. The first-order valence-electron chi connectivity index (χ1n) is 6.23. The van der Waals surface area contributed by atoms with E-state index in [1.54, 1.807) is 0 Å². The SMILES string of the molecule is CCNc1nc(C)cc(NCCCCC(N)=O)n1. The summed E-state index contributed by atoms with van der Waals surface area (Å²) in [5, 5.41) is 6.30. The number of nitrogens with zero attached hydrogens (tertiary/aromatic N) is 2. The van der Waals surface area contributed by atoms with E-state index in [1.807, 2.05) is 19.9 Å². The van der Waals surface area contributed by atoms with Crippen molar-refractivity contribution in [2.45, 2.75) is 33.1 Å². The van der Waals surface area contributed by atoms with E-state index in [4.69, 9.17) is 5.73 Å². The molecule has 6 nitrogen and oxygen atoms in total. The third kappa shape index (κ3) is 5.47. The van der Waals surface area contributed by atoms with Crippen LogP contribution in [-0.4, -0.2) is 29.0 Å². The van der Waals surface area contributed by atoms with Crippen LogP contribution in [0.5, 0.6) is 0 Å². The number of rotatable bonds is 8. The summed E-state index contributed by atoms with van der Waals surface area (Å²) >= 11 is 0. The van der Waals surface area contributed by atoms with Gasteiger partial charge in [-0.3, -0.25) is 4.79 Å². The van der Waals surface area contributed by atoms with Crippen LogP contribution in [-0.2, 0) is 4.79 Å². The summed E-state index contributed by atoms with van der Waals surface area (Å²) in [5.41, 5.74) is 5.99. The molecule has 0 bridgehead atoms. The second-order valence-corrected chi connectivity index (χ2v) is 4.10. The normalized spacial score (nSPS) is 10.1. The highest BCUT2D eigenvalue weighted by atomic mass is 16.1. The van der Waals surface area contributed by atoms with E-state index < -0.39 is 0 Å². The fourth-order valence-electron chi connectivity index (χ4n) is 1.54. The molecule has 1 aromatic heterocycles. The standard InChI is InChI=1S/C12H21N5O/c1-3-14-12-16-9(2)8-11(17-12)15-7-5-4-6-10(13)18/h8H,3-7H2,1-2H3,(H2,13,18)(H2,14,15,16,17). The van der Waals surface area contributed by atoms with Crippen molar-refractivity contribution in [2.75, 3.05) is 23.7 Å². The minimum Gasteiger partial charge on any atom is -0.370 e. The first-order valence-corrected chi connectivity index (χ1v) is 6.23. The van der Waals surface area contributed by atoms with Crippen molar-refractivity contribution in [3.8, 4) is 0 Å². The molecule has 1 amide bonds. The van der Waals surface area contributed by atoms with Gasteiger partial charge in [-0.2, -0.15) is 4.98 Å². The highest BCUT2D eigenvalue weighted by molar-refractivity contribution is 5.73. The Morgan fingerprint density at radius 3 is 2.78 bits per heavy atom. The maximum absolute atomic E-state index is 10.6. The number of aromatic nitrogens is 2. The lowest BCUT2D eigenvalue weighted by Crippen LogP contribution is -2.11. The fourth-order valence-corrected chi connectivity index (χ4v) is 1.54. The smallest absolute Gasteiger partial charge is 0.224 e. The molecule has 1 rings (SSSR count). The van der Waals surface area contributed by atoms with Gasteiger partial charge in [-0.25, -0.2) is 4.98 Å². The first kappa shape index (κ1) is 14.2. The summed E-state index contributed by atoms with van der Waals surface area (Å²) in [7, 11) is 0. The molecule has 1 aromatic rings. The van der Waals surface area contributed by atoms with Crippen molar-refractivity contribution in [2.24, 2.45) is 5.73 Å². The Kier molecular flexibility index (Phi) is 5.90. The van der Waals surface area contributed by atoms with Gasteiger partial charge in [0.15, 0.2) is 0 Å². The molecule has 18 heavy (non-hydrogen) atoms. The molecule has 4 N–H and O–H groups in total. The minimum atomic E-state index is -0.248. The third-order valence-corrected chi connectivity index (χ3v) is 2.35. The average molecular weight is 251 g/mol. The minimum absolute atomic E-state index is 0.248. The molecule has 0 radical (unpaired) electrons. The molecule has 100 valence electrons. The van der Waals surface area contributed by atoms with Crippen molar-refractivity contribution in [3.63, 3.8) is 0 Å². The lowest BCUT2D eigenvalue weighted by atomic mass is 10.2. The molecule has 0 spiro atoms. The summed E-state index contributed by atoms with van der Waals surface area (Å²) in [5.74, 6) is 1.19. The van der Waals surface area contributed by atoms with Crippen molar-refractivity contribution in [1.29, 1.82) is 0 Å². The molecule has 0 fully saturated rings. The predicted octanol–water partition coefficient (Wildman–Crippen LogP) is 1.28. The maximum Gasteiger partial charge on any atom is 0.224 e. The number of unbranched alkanes of at least 4 members (excludes halogenated alkanes) is 1. The molecule has 6 heteroatoms. The van der Waals surface area contributed by atoms with E-state index in [-0.39, 0.29) is 5.91 Å². The molecule has 1 heterocycles. The van der Waals surface area contributed by atoms with Crippen LogP contribution in [0.1, 0.15) is 31.9 Å². The summed E-state index contributed by atoms with van der Waals surface area (Å²) in [6.07, 6.45) is 2.13. The Balaban J connectivity index is 2.39. The van der Waals surface area contributed by atoms with Crippen molar-refractivity contribution < 1.29 is 4.79 Å². The zero-order valence-corrected chi connectivity index (χ0v) is 11.0. The summed E-state index contributed by atoms with van der Waals surface area (Å²) in [6, 6.07) is 1.90. The van der Waals surface area contributed by atoms with Crippen LogP contribution in [0.3, 0.4) is 0 Å². The molecular weight excluding hydrogens is 230 g/mol. The second-order valence-electron chi connectivity index (χ2n) is 4.10. The number of carbonyl (C=O) groups is 1. The molecule has 0 aliphatic rings. The van der Waals surface area contributed by atoms with Gasteiger partial charge < -0.3 is 16.4 Å². The number of carbonyl (C=O) groups excluding carboxylic acids is 1. The Bertz CT molecular complexity index is 394. The van der Waals surface area contributed by atoms with Crippen LogP contribution in [0.15, 0.2) is 6.07 Å². The van der Waals surface area contributed by atoms with E-state index in [1.165, 1.54) is 0 Å². The van der Waals surface area contributed by atoms with E-state index in [0.29, 0.717) is 12.4 Å². The van der Waals surface area contributed by atoms with Gasteiger partial charge in [-0.05, 0) is 26.7 Å². The molecule has 0 saturated heterocycles. The molecule has 0 saturated carbocycles. The zero-order chi connectivity index (χ0) is 13.4. The van der Waals surface area contributed by atoms with Crippen molar-refractivity contribution in [1.82, 2.24) is 9.97 Å². The lowest BCUT2D eigenvalue weighted by molar-refractivity contribution is -0.118. The van der Waals surface area contributed by atoms with E-state index in [9.17, 15) is 4.79 Å². The van der Waals surface area contributed by atoms with Gasteiger partial charge in [0.05, 0.1) is 0 Å². The zero-order valence-electron chi connectivity index (χ0n) is 11.0. The van der Waals surface area contributed by atoms with Crippen LogP contribution >= 0.6 is 0 Å². The summed E-state index contributed by atoms with van der Waals surface area (Å²) in [6.45, 7) is 5.50. The average Bonchev–Trinajstić information content (AvgIpc) is 2.28. The molecule has 0 aromatic carbocycles. The van der Waals surface area contributed by atoms with E-state index >= 15 is 0 Å². The third-order valence-electron chi connectivity index (χ3n) is 2.35. The number of hydrogen-bond acceptors (Lipinski definition) is 5. The lowest BCUT2D eigenvalue weighted by Gasteiger charge is -2.08. The Morgan fingerprint density at radius 1 is 1.33 bits per heavy atom. The van der Waals surface area contributed by atoms with E-state index in [2.05, 4.69) is 20.6 Å². The topological polar surface area (TPSA) is 92.9 Å². The largest absolute Gasteiger partial charge is 0.370 e. The number of aryl methyl sites for hydroxylation is 1. The van der Waals surface area contributed by atoms with Crippen LogP contribution in [0, 0.1) is 6.92 Å². The van der Waals surface area contributed by atoms with Gasteiger partial charge in [-0.15, -0.1) is 0 Å². The molecule has 0 atom stereocenters. The highest BCUT2D eigenvalue weighted by Crippen LogP contribution is 2.09. The predicted molar refractivity (Wildman–Crippen MR) is 72.5 cm³/mol. The van der Waals surface area contributed by atoms with Crippen LogP contribution in [0.25, 0.3) is 0 Å². The highest BCUT2D eigenvalue weighted by Gasteiger charge is 2.01. The molecule has 0 aliphatic carbocycles. The van der Waals surface area contributed by atoms with Crippen LogP contribution < -0.4 is 16.4 Å². The van der Waals surface area contributed by atoms with Crippen LogP contribution in [0.4, 0.5) is 11.8 Å². The molecule has 0 unspecified atom stereocenters. The van der Waals surface area contributed by atoms with Gasteiger partial charge in [0.2, 0.25) is 11.9 Å². The van der Waals surface area contributed by atoms with Gasteiger partial charge in [-0.1, -0.05) is 0 Å². The maximum atomic E-state index is 10.6. The van der Waals surface area contributed by atoms with Gasteiger partial charge in [0.1, 0.15) is 5.82 Å². The van der Waals surface area contributed by atoms with E-state index in [0.717, 1.165) is 37.4 Å². The number of nitrogens with two attached hydrogens (primary N) is 1. The fraction of sp³-hybridized carbons (Fsp3) is 0.583. The Labute approximate surface area is 107 Å². The number of anilines is 2. The number of primary amides is 1. The van der Waals surface area contributed by atoms with Crippen LogP contribution in [0.2, 0.25) is 0 Å². The Hall–Kier alpha value is -1.85. The van der Waals surface area contributed by atoms with Crippen molar-refractivity contribution >= 4 is 17.7 Å².